The van der Waals surface area contributed by atoms with Gasteiger partial charge in [0.2, 0.25) is 5.91 Å². The Morgan fingerprint density at radius 2 is 1.76 bits per heavy atom. The summed E-state index contributed by atoms with van der Waals surface area (Å²) in [5, 5.41) is 3.11. The number of primary amides is 1. The van der Waals surface area contributed by atoms with Crippen molar-refractivity contribution in [3.05, 3.63) is 63.9 Å². The molecule has 0 unspecified atom stereocenters. The molecule has 0 aliphatic rings. The number of anilines is 1. The Morgan fingerprint density at radius 1 is 1.14 bits per heavy atom. The number of benzene rings is 2. The molecule has 0 heterocycles. The zero-order valence-electron chi connectivity index (χ0n) is 10.6. The summed E-state index contributed by atoms with van der Waals surface area (Å²) in [7, 11) is 0. The van der Waals surface area contributed by atoms with Gasteiger partial charge in [-0.15, -0.1) is 0 Å². The number of amides is 1. The number of carbonyl (C=O) groups excluding carboxylic acids is 1. The van der Waals surface area contributed by atoms with E-state index in [4.69, 9.17) is 17.3 Å². The van der Waals surface area contributed by atoms with Gasteiger partial charge in [-0.25, -0.2) is 13.2 Å². The molecule has 0 aromatic heterocycles. The van der Waals surface area contributed by atoms with Crippen LogP contribution in [0.3, 0.4) is 0 Å². The van der Waals surface area contributed by atoms with Crippen molar-refractivity contribution in [1.82, 2.24) is 0 Å². The van der Waals surface area contributed by atoms with Gasteiger partial charge in [-0.3, -0.25) is 4.79 Å². The van der Waals surface area contributed by atoms with Gasteiger partial charge in [0.1, 0.15) is 0 Å². The highest BCUT2D eigenvalue weighted by molar-refractivity contribution is 6.33. The van der Waals surface area contributed by atoms with Crippen LogP contribution in [-0.2, 0) is 6.54 Å². The number of halogens is 4. The minimum atomic E-state index is -1.52. The second kappa shape index (κ2) is 6.05. The summed E-state index contributed by atoms with van der Waals surface area (Å²) in [4.78, 5) is 11.1. The number of hydrogen-bond donors (Lipinski definition) is 2. The summed E-state index contributed by atoms with van der Waals surface area (Å²) in [5.74, 6) is -4.70. The summed E-state index contributed by atoms with van der Waals surface area (Å²) in [6.07, 6.45) is 0. The minimum Gasteiger partial charge on any atom is -0.380 e. The number of hydrogen-bond acceptors (Lipinski definition) is 2. The molecular weight excluding hydrogens is 305 g/mol. The predicted molar refractivity (Wildman–Crippen MR) is 73.6 cm³/mol. The van der Waals surface area contributed by atoms with Crippen molar-refractivity contribution < 1.29 is 18.0 Å². The summed E-state index contributed by atoms with van der Waals surface area (Å²) in [6.45, 7) is -0.00391. The zero-order valence-corrected chi connectivity index (χ0v) is 11.3. The fourth-order valence-electron chi connectivity index (χ4n) is 1.72. The maximum absolute atomic E-state index is 13.1. The van der Waals surface area contributed by atoms with Crippen LogP contribution in [0, 0.1) is 17.5 Å². The summed E-state index contributed by atoms with van der Waals surface area (Å²) >= 11 is 5.93. The summed E-state index contributed by atoms with van der Waals surface area (Å²) < 4.78 is 39.0. The molecule has 2 aromatic carbocycles. The fourth-order valence-corrected chi connectivity index (χ4v) is 1.91. The van der Waals surface area contributed by atoms with Crippen molar-refractivity contribution in [3.8, 4) is 0 Å². The number of nitrogens with one attached hydrogen (secondary N) is 1. The van der Waals surface area contributed by atoms with Crippen LogP contribution in [0.5, 0.6) is 0 Å². The first-order valence-electron chi connectivity index (χ1n) is 5.85. The molecule has 0 aliphatic heterocycles. The summed E-state index contributed by atoms with van der Waals surface area (Å²) in [5.41, 5.74) is 5.94. The topological polar surface area (TPSA) is 55.1 Å². The average Bonchev–Trinajstić information content (AvgIpc) is 2.43. The van der Waals surface area contributed by atoms with Crippen LogP contribution in [0.4, 0.5) is 18.9 Å². The lowest BCUT2D eigenvalue weighted by atomic mass is 10.1. The minimum absolute atomic E-state index is 0.00391. The van der Waals surface area contributed by atoms with E-state index in [-0.39, 0.29) is 17.7 Å². The van der Waals surface area contributed by atoms with Crippen LogP contribution in [-0.4, -0.2) is 5.91 Å². The molecule has 0 atom stereocenters. The van der Waals surface area contributed by atoms with Crippen LogP contribution in [0.1, 0.15) is 15.9 Å². The largest absolute Gasteiger partial charge is 0.380 e. The molecule has 3 nitrogen and oxygen atoms in total. The molecule has 21 heavy (non-hydrogen) atoms. The maximum Gasteiger partial charge on any atom is 0.248 e. The van der Waals surface area contributed by atoms with Gasteiger partial charge in [0.15, 0.2) is 17.5 Å². The highest BCUT2D eigenvalue weighted by Crippen LogP contribution is 2.24. The van der Waals surface area contributed by atoms with Crippen LogP contribution in [0.2, 0.25) is 5.02 Å². The third kappa shape index (κ3) is 3.46. The molecule has 7 heteroatoms. The quantitative estimate of drug-likeness (QED) is 0.849. The maximum atomic E-state index is 13.1. The Morgan fingerprint density at radius 3 is 2.33 bits per heavy atom. The van der Waals surface area contributed by atoms with E-state index in [9.17, 15) is 18.0 Å². The highest BCUT2D eigenvalue weighted by Gasteiger charge is 2.11. The van der Waals surface area contributed by atoms with Crippen molar-refractivity contribution >= 4 is 23.2 Å². The van der Waals surface area contributed by atoms with Gasteiger partial charge in [-0.05, 0) is 35.9 Å². The lowest BCUT2D eigenvalue weighted by Crippen LogP contribution is -2.11. The number of nitrogens with two attached hydrogens (primary N) is 1. The van der Waals surface area contributed by atoms with Crippen molar-refractivity contribution in [2.24, 2.45) is 5.73 Å². The summed E-state index contributed by atoms with van der Waals surface area (Å²) in [6, 6.07) is 6.08. The molecule has 0 bridgehead atoms. The molecule has 0 aliphatic carbocycles. The van der Waals surface area contributed by atoms with Crippen LogP contribution >= 0.6 is 11.6 Å². The first-order valence-corrected chi connectivity index (χ1v) is 6.23. The second-order valence-corrected chi connectivity index (χ2v) is 4.69. The third-order valence-corrected chi connectivity index (χ3v) is 3.11. The van der Waals surface area contributed by atoms with E-state index in [0.717, 1.165) is 12.1 Å². The van der Waals surface area contributed by atoms with Gasteiger partial charge in [-0.1, -0.05) is 11.6 Å². The molecule has 2 rings (SSSR count). The molecule has 0 fully saturated rings. The van der Waals surface area contributed by atoms with Crippen LogP contribution in [0.25, 0.3) is 0 Å². The molecule has 0 spiro atoms. The molecule has 2 aromatic rings. The first kappa shape index (κ1) is 15.2. The molecule has 3 N–H and O–H groups in total. The number of rotatable bonds is 4. The van der Waals surface area contributed by atoms with Gasteiger partial charge in [-0.2, -0.15) is 0 Å². The van der Waals surface area contributed by atoms with E-state index in [2.05, 4.69) is 5.32 Å². The van der Waals surface area contributed by atoms with E-state index in [1.54, 1.807) is 0 Å². The van der Waals surface area contributed by atoms with Crippen molar-refractivity contribution in [3.63, 3.8) is 0 Å². The van der Waals surface area contributed by atoms with Gasteiger partial charge >= 0.3 is 0 Å². The lowest BCUT2D eigenvalue weighted by Gasteiger charge is -2.10. The van der Waals surface area contributed by atoms with Gasteiger partial charge in [0.25, 0.3) is 0 Å². The predicted octanol–water partition coefficient (Wildman–Crippen LogP) is 3.47. The van der Waals surface area contributed by atoms with E-state index >= 15 is 0 Å². The Hall–Kier alpha value is -2.21. The monoisotopic (exact) mass is 314 g/mol. The van der Waals surface area contributed by atoms with E-state index in [1.165, 1.54) is 18.2 Å². The number of carbonyl (C=O) groups is 1. The van der Waals surface area contributed by atoms with Gasteiger partial charge in [0, 0.05) is 12.1 Å². The third-order valence-electron chi connectivity index (χ3n) is 2.78. The Kier molecular flexibility index (Phi) is 4.37. The van der Waals surface area contributed by atoms with E-state index in [0.29, 0.717) is 10.7 Å². The molecule has 0 radical (unpaired) electrons. The first-order chi connectivity index (χ1) is 9.88. The zero-order chi connectivity index (χ0) is 15.6. The average molecular weight is 315 g/mol. The van der Waals surface area contributed by atoms with Crippen LogP contribution in [0.15, 0.2) is 30.3 Å². The standard InChI is InChI=1S/C14H10ClF3N2O/c15-9-2-1-8(14(19)21)5-12(9)20-6-7-3-10(16)13(18)11(17)4-7/h1-5,20H,6H2,(H2,19,21). The van der Waals surface area contributed by atoms with Gasteiger partial charge < -0.3 is 11.1 Å². The highest BCUT2D eigenvalue weighted by atomic mass is 35.5. The van der Waals surface area contributed by atoms with Crippen molar-refractivity contribution in [2.75, 3.05) is 5.32 Å². The Labute approximate surface area is 123 Å². The molecule has 1 amide bonds. The molecule has 110 valence electrons. The van der Waals surface area contributed by atoms with Gasteiger partial charge in [0.05, 0.1) is 10.7 Å². The van der Waals surface area contributed by atoms with E-state index in [1.807, 2.05) is 0 Å². The Balaban J connectivity index is 2.20. The second-order valence-electron chi connectivity index (χ2n) is 4.29. The molecular formula is C14H10ClF3N2O. The normalized spacial score (nSPS) is 10.5. The lowest BCUT2D eigenvalue weighted by molar-refractivity contribution is 0.100. The van der Waals surface area contributed by atoms with Crippen molar-refractivity contribution in [1.29, 1.82) is 0 Å². The van der Waals surface area contributed by atoms with Crippen molar-refractivity contribution in [2.45, 2.75) is 6.54 Å². The smallest absolute Gasteiger partial charge is 0.248 e. The van der Waals surface area contributed by atoms with E-state index < -0.39 is 23.4 Å². The SMILES string of the molecule is NC(=O)c1ccc(Cl)c(NCc2cc(F)c(F)c(F)c2)c1. The van der Waals surface area contributed by atoms with Crippen LogP contribution < -0.4 is 11.1 Å². The molecule has 0 saturated heterocycles. The fraction of sp³-hybridized carbons (Fsp3) is 0.0714. The Bertz CT molecular complexity index is 684. The molecule has 0 saturated carbocycles.